The van der Waals surface area contributed by atoms with Gasteiger partial charge in [-0.05, 0) is 28.7 Å². The van der Waals surface area contributed by atoms with E-state index in [1.165, 1.54) is 0 Å². The number of alkyl carbamates (subject to hydrolysis) is 1. The summed E-state index contributed by atoms with van der Waals surface area (Å²) in [6.45, 7) is 2.10. The standard InChI is InChI=1S/C25H26N2O5/c1-2-8-17(15-23(28)26-14-7-13-24(29)30)27-25(31)32-16-22-20-11-5-3-9-18(20)19-10-4-6-12-21(19)22/h3-6,9-12,17,22H,2,8,14-16H2,1H3,(H,26,28)(H,27,31)(H,29,30)/t17-/m1/s1. The molecule has 3 rings (SSSR count). The van der Waals surface area contributed by atoms with Crippen LogP contribution in [0.5, 0.6) is 0 Å². The molecule has 0 aromatic heterocycles. The lowest BCUT2D eigenvalue weighted by molar-refractivity contribution is -0.130. The third kappa shape index (κ3) is 5.88. The van der Waals surface area contributed by atoms with Gasteiger partial charge >= 0.3 is 12.1 Å². The zero-order chi connectivity index (χ0) is 22.9. The zero-order valence-electron chi connectivity index (χ0n) is 17.9. The summed E-state index contributed by atoms with van der Waals surface area (Å²) in [6, 6.07) is 15.8. The van der Waals surface area contributed by atoms with E-state index in [0.29, 0.717) is 6.42 Å². The SMILES string of the molecule is CCC[C@H](CC(=O)NCC#CC(=O)O)NC(=O)OCC1c2ccccc2-c2ccccc21. The Bertz CT molecular complexity index is 1010. The van der Waals surface area contributed by atoms with Gasteiger partial charge in [-0.15, -0.1) is 0 Å². The number of carbonyl (C=O) groups excluding carboxylic acids is 2. The first-order valence-corrected chi connectivity index (χ1v) is 10.6. The number of carbonyl (C=O) groups is 3. The molecule has 0 radical (unpaired) electrons. The molecule has 1 aliphatic carbocycles. The van der Waals surface area contributed by atoms with Crippen LogP contribution in [0.1, 0.15) is 43.2 Å². The summed E-state index contributed by atoms with van der Waals surface area (Å²) in [5.41, 5.74) is 4.58. The van der Waals surface area contributed by atoms with Gasteiger partial charge in [0.05, 0.1) is 6.54 Å². The van der Waals surface area contributed by atoms with Gasteiger partial charge in [0.1, 0.15) is 6.61 Å². The minimum atomic E-state index is -1.25. The van der Waals surface area contributed by atoms with Gasteiger partial charge in [0, 0.05) is 24.3 Å². The van der Waals surface area contributed by atoms with Crippen LogP contribution in [0, 0.1) is 11.8 Å². The van der Waals surface area contributed by atoms with Gasteiger partial charge in [0.15, 0.2) is 0 Å². The minimum absolute atomic E-state index is 0.0334. The highest BCUT2D eigenvalue weighted by Gasteiger charge is 2.29. The number of aliphatic carboxylic acids is 1. The lowest BCUT2D eigenvalue weighted by Gasteiger charge is -2.19. The summed E-state index contributed by atoms with van der Waals surface area (Å²) in [4.78, 5) is 34.9. The zero-order valence-corrected chi connectivity index (χ0v) is 17.9. The Morgan fingerprint density at radius 2 is 1.69 bits per heavy atom. The largest absolute Gasteiger partial charge is 0.472 e. The number of fused-ring (bicyclic) bond motifs is 3. The molecule has 1 aliphatic rings. The highest BCUT2D eigenvalue weighted by molar-refractivity contribution is 5.86. The molecule has 2 amide bonds. The molecule has 7 nitrogen and oxygen atoms in total. The molecular formula is C25H26N2O5. The molecule has 0 saturated carbocycles. The number of carboxylic acids is 1. The maximum atomic E-state index is 12.5. The molecule has 0 bridgehead atoms. The smallest absolute Gasteiger partial charge is 0.407 e. The van der Waals surface area contributed by atoms with Crippen LogP contribution in [-0.2, 0) is 14.3 Å². The monoisotopic (exact) mass is 434 g/mol. The summed E-state index contributed by atoms with van der Waals surface area (Å²) in [5, 5.41) is 13.8. The van der Waals surface area contributed by atoms with E-state index in [-0.39, 0.29) is 37.4 Å². The van der Waals surface area contributed by atoms with Crippen molar-refractivity contribution in [1.82, 2.24) is 10.6 Å². The number of nitrogens with one attached hydrogen (secondary N) is 2. The normalized spacial score (nSPS) is 12.5. The molecule has 0 spiro atoms. The molecular weight excluding hydrogens is 408 g/mol. The van der Waals surface area contributed by atoms with E-state index < -0.39 is 12.1 Å². The second-order valence-electron chi connectivity index (χ2n) is 7.54. The topological polar surface area (TPSA) is 105 Å². The number of amides is 2. The highest BCUT2D eigenvalue weighted by Crippen LogP contribution is 2.44. The van der Waals surface area contributed by atoms with Crippen molar-refractivity contribution in [2.24, 2.45) is 0 Å². The maximum absolute atomic E-state index is 12.5. The van der Waals surface area contributed by atoms with Crippen molar-refractivity contribution in [1.29, 1.82) is 0 Å². The van der Waals surface area contributed by atoms with Gasteiger partial charge in [-0.3, -0.25) is 4.79 Å². The molecule has 3 N–H and O–H groups in total. The molecule has 0 saturated heterocycles. The van der Waals surface area contributed by atoms with Crippen LogP contribution in [0.25, 0.3) is 11.1 Å². The van der Waals surface area contributed by atoms with Gasteiger partial charge < -0.3 is 20.5 Å². The fourth-order valence-corrected chi connectivity index (χ4v) is 3.94. The summed E-state index contributed by atoms with van der Waals surface area (Å²) in [5.74, 6) is 2.67. The Hall–Kier alpha value is -3.79. The third-order valence-corrected chi connectivity index (χ3v) is 5.30. The maximum Gasteiger partial charge on any atom is 0.407 e. The lowest BCUT2D eigenvalue weighted by atomic mass is 9.98. The van der Waals surface area contributed by atoms with Crippen molar-refractivity contribution in [2.45, 2.75) is 38.1 Å². The Labute approximate surface area is 187 Å². The van der Waals surface area contributed by atoms with E-state index >= 15 is 0 Å². The fourth-order valence-electron chi connectivity index (χ4n) is 3.94. The van der Waals surface area contributed by atoms with E-state index in [4.69, 9.17) is 9.84 Å². The predicted molar refractivity (Wildman–Crippen MR) is 120 cm³/mol. The molecule has 0 aliphatic heterocycles. The van der Waals surface area contributed by atoms with E-state index in [0.717, 1.165) is 28.7 Å². The highest BCUT2D eigenvalue weighted by atomic mass is 16.5. The lowest BCUT2D eigenvalue weighted by Crippen LogP contribution is -2.40. The molecule has 0 heterocycles. The van der Waals surface area contributed by atoms with Crippen LogP contribution in [-0.4, -0.2) is 42.3 Å². The summed E-state index contributed by atoms with van der Waals surface area (Å²) in [6.07, 6.45) is 0.884. The molecule has 1 atom stereocenters. The first-order chi connectivity index (χ1) is 15.5. The van der Waals surface area contributed by atoms with E-state index in [2.05, 4.69) is 40.8 Å². The Morgan fingerprint density at radius 1 is 1.06 bits per heavy atom. The molecule has 32 heavy (non-hydrogen) atoms. The van der Waals surface area contributed by atoms with Crippen molar-refractivity contribution < 1.29 is 24.2 Å². The van der Waals surface area contributed by atoms with Crippen LogP contribution >= 0.6 is 0 Å². The summed E-state index contributed by atoms with van der Waals surface area (Å²) < 4.78 is 5.55. The summed E-state index contributed by atoms with van der Waals surface area (Å²) in [7, 11) is 0. The first kappa shape index (κ1) is 22.9. The van der Waals surface area contributed by atoms with E-state index in [9.17, 15) is 14.4 Å². The Balaban J connectivity index is 1.55. The van der Waals surface area contributed by atoms with Crippen molar-refractivity contribution in [3.05, 3.63) is 59.7 Å². The van der Waals surface area contributed by atoms with E-state index in [1.807, 2.05) is 37.1 Å². The second-order valence-corrected chi connectivity index (χ2v) is 7.54. The van der Waals surface area contributed by atoms with Gasteiger partial charge in [-0.2, -0.15) is 0 Å². The van der Waals surface area contributed by atoms with Crippen molar-refractivity contribution in [3.8, 4) is 23.0 Å². The van der Waals surface area contributed by atoms with Crippen LogP contribution < -0.4 is 10.6 Å². The van der Waals surface area contributed by atoms with Crippen LogP contribution in [0.2, 0.25) is 0 Å². The fraction of sp³-hybridized carbons (Fsp3) is 0.320. The van der Waals surface area contributed by atoms with Crippen LogP contribution in [0.3, 0.4) is 0 Å². The van der Waals surface area contributed by atoms with Crippen molar-refractivity contribution in [3.63, 3.8) is 0 Å². The molecule has 7 heteroatoms. The van der Waals surface area contributed by atoms with E-state index in [1.54, 1.807) is 0 Å². The van der Waals surface area contributed by atoms with Crippen LogP contribution in [0.4, 0.5) is 4.79 Å². The molecule has 0 unspecified atom stereocenters. The number of carboxylic acid groups (broad SMARTS) is 1. The Kier molecular flexibility index (Phi) is 7.87. The number of ether oxygens (including phenoxy) is 1. The number of hydrogen-bond acceptors (Lipinski definition) is 4. The van der Waals surface area contributed by atoms with Crippen LogP contribution in [0.15, 0.2) is 48.5 Å². The molecule has 166 valence electrons. The number of hydrogen-bond donors (Lipinski definition) is 3. The second kappa shape index (κ2) is 11.0. The Morgan fingerprint density at radius 3 is 2.28 bits per heavy atom. The van der Waals surface area contributed by atoms with Crippen molar-refractivity contribution >= 4 is 18.0 Å². The van der Waals surface area contributed by atoms with Gasteiger partial charge in [-0.25, -0.2) is 9.59 Å². The molecule has 2 aromatic rings. The van der Waals surface area contributed by atoms with Gasteiger partial charge in [0.2, 0.25) is 5.91 Å². The van der Waals surface area contributed by atoms with Gasteiger partial charge in [-0.1, -0.05) is 67.8 Å². The van der Waals surface area contributed by atoms with Crippen molar-refractivity contribution in [2.75, 3.05) is 13.2 Å². The quantitative estimate of drug-likeness (QED) is 0.553. The first-order valence-electron chi connectivity index (χ1n) is 10.6. The minimum Gasteiger partial charge on any atom is -0.472 e. The summed E-state index contributed by atoms with van der Waals surface area (Å²) >= 11 is 0. The average Bonchev–Trinajstić information content (AvgIpc) is 3.09. The average molecular weight is 434 g/mol. The molecule has 0 fully saturated rings. The third-order valence-electron chi connectivity index (χ3n) is 5.30. The number of benzene rings is 2. The van der Waals surface area contributed by atoms with Gasteiger partial charge in [0.25, 0.3) is 0 Å². The number of rotatable bonds is 8. The molecule has 2 aromatic carbocycles. The predicted octanol–water partition coefficient (Wildman–Crippen LogP) is 3.29.